The van der Waals surface area contributed by atoms with E-state index in [4.69, 9.17) is 5.26 Å². The van der Waals surface area contributed by atoms with Crippen LogP contribution in [0.15, 0.2) is 30.3 Å². The molecular weight excluding hydrogens is 342 g/mol. The molecule has 1 aromatic carbocycles. The molecule has 2 aliphatic rings. The van der Waals surface area contributed by atoms with Crippen molar-refractivity contribution in [2.24, 2.45) is 0 Å². The van der Waals surface area contributed by atoms with Gasteiger partial charge in [0.2, 0.25) is 5.91 Å². The van der Waals surface area contributed by atoms with E-state index in [1.165, 1.54) is 5.56 Å². The molecule has 1 atom stereocenters. The largest absolute Gasteiger partial charge is 0.326 e. The summed E-state index contributed by atoms with van der Waals surface area (Å²) in [7, 11) is 0. The Morgan fingerprint density at radius 1 is 1.15 bits per heavy atom. The number of benzene rings is 1. The molecule has 0 unspecified atom stereocenters. The third-order valence-corrected chi connectivity index (χ3v) is 5.25. The quantitative estimate of drug-likeness (QED) is 0.695. The van der Waals surface area contributed by atoms with Crippen molar-refractivity contribution in [3.63, 3.8) is 0 Å². The van der Waals surface area contributed by atoms with E-state index in [0.29, 0.717) is 19.6 Å². The highest BCUT2D eigenvalue weighted by Gasteiger charge is 2.29. The van der Waals surface area contributed by atoms with Crippen molar-refractivity contribution in [2.75, 3.05) is 45.8 Å². The standard InChI is InChI=1S/C20H27N5O2/c21-15-18-7-4-10-25(18)19(26)16-22-9-12-24-14-13-23(20(24)27)11-8-17-5-2-1-3-6-17/h1-3,5-6,18,22H,4,7-14,16H2/t18-/m0/s1. The van der Waals surface area contributed by atoms with Crippen LogP contribution in [-0.4, -0.2) is 78.5 Å². The number of hydrogen-bond donors (Lipinski definition) is 1. The van der Waals surface area contributed by atoms with Gasteiger partial charge in [0, 0.05) is 39.3 Å². The number of carbonyl (C=O) groups excluding carboxylic acids is 2. The lowest BCUT2D eigenvalue weighted by Crippen LogP contribution is -2.43. The average Bonchev–Trinajstić information content (AvgIpc) is 3.31. The molecule has 2 heterocycles. The van der Waals surface area contributed by atoms with Crippen molar-refractivity contribution in [3.8, 4) is 6.07 Å². The first-order valence-electron chi connectivity index (χ1n) is 9.66. The van der Waals surface area contributed by atoms with Crippen molar-refractivity contribution >= 4 is 11.9 Å². The third kappa shape index (κ3) is 4.98. The summed E-state index contributed by atoms with van der Waals surface area (Å²) in [6, 6.07) is 12.2. The number of likely N-dealkylation sites (tertiary alicyclic amines) is 1. The molecule has 0 aliphatic carbocycles. The summed E-state index contributed by atoms with van der Waals surface area (Å²) in [5.41, 5.74) is 1.24. The maximum Gasteiger partial charge on any atom is 0.320 e. The fourth-order valence-electron chi connectivity index (χ4n) is 3.67. The van der Waals surface area contributed by atoms with Gasteiger partial charge in [0.05, 0.1) is 12.6 Å². The topological polar surface area (TPSA) is 79.7 Å². The molecule has 0 aromatic heterocycles. The lowest BCUT2D eigenvalue weighted by atomic mass is 10.1. The molecule has 0 saturated carbocycles. The van der Waals surface area contributed by atoms with Gasteiger partial charge in [-0.2, -0.15) is 5.26 Å². The fourth-order valence-corrected chi connectivity index (χ4v) is 3.67. The highest BCUT2D eigenvalue weighted by molar-refractivity contribution is 5.79. The Bertz CT molecular complexity index is 687. The van der Waals surface area contributed by atoms with E-state index in [2.05, 4.69) is 23.5 Å². The van der Waals surface area contributed by atoms with Crippen LogP contribution in [0, 0.1) is 11.3 Å². The first kappa shape index (κ1) is 19.2. The first-order chi connectivity index (χ1) is 13.2. The normalized spacial score (nSPS) is 19.6. The van der Waals surface area contributed by atoms with Gasteiger partial charge in [-0.3, -0.25) is 4.79 Å². The van der Waals surface area contributed by atoms with Gasteiger partial charge in [-0.05, 0) is 24.8 Å². The maximum absolute atomic E-state index is 12.5. The Labute approximate surface area is 160 Å². The predicted molar refractivity (Wildman–Crippen MR) is 102 cm³/mol. The number of carbonyl (C=O) groups is 2. The minimum absolute atomic E-state index is 0.0312. The van der Waals surface area contributed by atoms with Gasteiger partial charge in [-0.25, -0.2) is 4.79 Å². The molecule has 27 heavy (non-hydrogen) atoms. The van der Waals surface area contributed by atoms with E-state index in [-0.39, 0.29) is 24.5 Å². The summed E-state index contributed by atoms with van der Waals surface area (Å²) in [5.74, 6) is -0.0312. The second-order valence-corrected chi connectivity index (χ2v) is 7.04. The molecule has 144 valence electrons. The predicted octanol–water partition coefficient (Wildman–Crippen LogP) is 1.07. The van der Waals surface area contributed by atoms with E-state index in [9.17, 15) is 9.59 Å². The van der Waals surface area contributed by atoms with Crippen molar-refractivity contribution in [3.05, 3.63) is 35.9 Å². The van der Waals surface area contributed by atoms with Crippen LogP contribution < -0.4 is 5.32 Å². The number of nitriles is 1. The van der Waals surface area contributed by atoms with Crippen molar-refractivity contribution in [1.29, 1.82) is 5.26 Å². The van der Waals surface area contributed by atoms with E-state index in [0.717, 1.165) is 38.9 Å². The second-order valence-electron chi connectivity index (χ2n) is 7.04. The number of amides is 3. The maximum atomic E-state index is 12.5. The van der Waals surface area contributed by atoms with Crippen LogP contribution in [-0.2, 0) is 11.2 Å². The average molecular weight is 369 g/mol. The molecule has 0 bridgehead atoms. The molecule has 3 rings (SSSR count). The van der Waals surface area contributed by atoms with Crippen LogP contribution in [0.25, 0.3) is 0 Å². The summed E-state index contributed by atoms with van der Waals surface area (Å²) >= 11 is 0. The molecule has 7 heteroatoms. The Morgan fingerprint density at radius 2 is 1.89 bits per heavy atom. The summed E-state index contributed by atoms with van der Waals surface area (Å²) < 4.78 is 0. The van der Waals surface area contributed by atoms with E-state index >= 15 is 0 Å². The van der Waals surface area contributed by atoms with Gasteiger partial charge in [0.1, 0.15) is 6.04 Å². The van der Waals surface area contributed by atoms with E-state index in [1.807, 2.05) is 28.0 Å². The SMILES string of the molecule is N#C[C@@H]1CCCN1C(=O)CNCCN1CCN(CCc2ccccc2)C1=O. The number of rotatable bonds is 8. The van der Waals surface area contributed by atoms with Crippen LogP contribution in [0.5, 0.6) is 0 Å². The number of nitrogens with one attached hydrogen (secondary N) is 1. The second kappa shape index (κ2) is 9.38. The summed E-state index contributed by atoms with van der Waals surface area (Å²) in [6.45, 7) is 4.27. The zero-order valence-corrected chi connectivity index (χ0v) is 15.6. The smallest absolute Gasteiger partial charge is 0.320 e. The fraction of sp³-hybridized carbons (Fsp3) is 0.550. The number of hydrogen-bond acceptors (Lipinski definition) is 4. The third-order valence-electron chi connectivity index (χ3n) is 5.25. The minimum Gasteiger partial charge on any atom is -0.326 e. The number of urea groups is 1. The summed E-state index contributed by atoms with van der Waals surface area (Å²) in [6.07, 6.45) is 2.53. The Kier molecular flexibility index (Phi) is 6.66. The minimum atomic E-state index is -0.280. The van der Waals surface area contributed by atoms with Gasteiger partial charge in [-0.15, -0.1) is 0 Å². The Hall–Kier alpha value is -2.59. The van der Waals surface area contributed by atoms with E-state index in [1.54, 1.807) is 4.90 Å². The molecule has 2 fully saturated rings. The van der Waals surface area contributed by atoms with Crippen LogP contribution in [0.3, 0.4) is 0 Å². The van der Waals surface area contributed by atoms with Gasteiger partial charge >= 0.3 is 6.03 Å². The highest BCUT2D eigenvalue weighted by atomic mass is 16.2. The van der Waals surface area contributed by atoms with Crippen LogP contribution in [0.1, 0.15) is 18.4 Å². The molecule has 2 saturated heterocycles. The number of nitrogens with zero attached hydrogens (tertiary/aromatic N) is 4. The monoisotopic (exact) mass is 369 g/mol. The van der Waals surface area contributed by atoms with E-state index < -0.39 is 0 Å². The molecule has 2 aliphatic heterocycles. The summed E-state index contributed by atoms with van der Waals surface area (Å²) in [4.78, 5) is 30.0. The van der Waals surface area contributed by atoms with Crippen LogP contribution >= 0.6 is 0 Å². The molecule has 0 radical (unpaired) electrons. The van der Waals surface area contributed by atoms with Gasteiger partial charge in [0.25, 0.3) is 0 Å². The molecular formula is C20H27N5O2. The van der Waals surface area contributed by atoms with Gasteiger partial charge in [0.15, 0.2) is 0 Å². The van der Waals surface area contributed by atoms with Crippen molar-refractivity contribution in [2.45, 2.75) is 25.3 Å². The van der Waals surface area contributed by atoms with Gasteiger partial charge < -0.3 is 20.0 Å². The lowest BCUT2D eigenvalue weighted by molar-refractivity contribution is -0.130. The molecule has 3 amide bonds. The van der Waals surface area contributed by atoms with Crippen molar-refractivity contribution in [1.82, 2.24) is 20.0 Å². The highest BCUT2D eigenvalue weighted by Crippen LogP contribution is 2.16. The van der Waals surface area contributed by atoms with Crippen LogP contribution in [0.4, 0.5) is 4.79 Å². The van der Waals surface area contributed by atoms with Gasteiger partial charge in [-0.1, -0.05) is 30.3 Å². The Morgan fingerprint density at radius 3 is 2.63 bits per heavy atom. The Balaban J connectivity index is 1.34. The van der Waals surface area contributed by atoms with Crippen molar-refractivity contribution < 1.29 is 9.59 Å². The summed E-state index contributed by atoms with van der Waals surface area (Å²) in [5, 5.41) is 12.2. The molecule has 7 nitrogen and oxygen atoms in total. The zero-order chi connectivity index (χ0) is 19.1. The first-order valence-corrected chi connectivity index (χ1v) is 9.66. The molecule has 1 N–H and O–H groups in total. The lowest BCUT2D eigenvalue weighted by Gasteiger charge is -2.21. The molecule has 0 spiro atoms. The zero-order valence-electron chi connectivity index (χ0n) is 15.6. The van der Waals surface area contributed by atoms with Crippen LogP contribution in [0.2, 0.25) is 0 Å². The molecule has 1 aromatic rings.